The Labute approximate surface area is 204 Å². The van der Waals surface area contributed by atoms with Crippen LogP contribution in [0.2, 0.25) is 0 Å². The first kappa shape index (κ1) is 23.9. The second-order valence-corrected chi connectivity index (χ2v) is 8.20. The van der Waals surface area contributed by atoms with Gasteiger partial charge < -0.3 is 19.3 Å². The zero-order chi connectivity index (χ0) is 25.3. The number of anilines is 1. The number of amides is 1. The predicted octanol–water partition coefficient (Wildman–Crippen LogP) is 4.96. The van der Waals surface area contributed by atoms with E-state index < -0.39 is 17.7 Å². The minimum absolute atomic E-state index is 0.0630. The van der Waals surface area contributed by atoms with E-state index >= 15 is 0 Å². The Morgan fingerprint density at radius 2 is 1.57 bits per heavy atom. The number of Topliss-reactive ketones (excluding diaryl/α,β-unsaturated/α-hetero) is 1. The van der Waals surface area contributed by atoms with Gasteiger partial charge >= 0.3 is 0 Å². The summed E-state index contributed by atoms with van der Waals surface area (Å²) in [6.07, 6.45) is 0. The Hall–Kier alpha value is -4.26. The molecule has 1 fully saturated rings. The molecule has 1 saturated heterocycles. The third kappa shape index (κ3) is 3.99. The fourth-order valence-corrected chi connectivity index (χ4v) is 4.41. The summed E-state index contributed by atoms with van der Waals surface area (Å²) in [7, 11) is 4.49. The van der Waals surface area contributed by atoms with Crippen LogP contribution in [0.1, 0.15) is 28.3 Å². The molecule has 1 N–H and O–H groups in total. The Bertz CT molecular complexity index is 1340. The number of ketones is 1. The van der Waals surface area contributed by atoms with Gasteiger partial charge in [0, 0.05) is 11.3 Å². The van der Waals surface area contributed by atoms with Crippen LogP contribution in [0.5, 0.6) is 17.2 Å². The van der Waals surface area contributed by atoms with Gasteiger partial charge in [-0.15, -0.1) is 0 Å². The van der Waals surface area contributed by atoms with Crippen molar-refractivity contribution in [1.29, 1.82) is 0 Å². The van der Waals surface area contributed by atoms with Crippen LogP contribution in [-0.4, -0.2) is 38.1 Å². The summed E-state index contributed by atoms with van der Waals surface area (Å²) in [5, 5.41) is 11.5. The Balaban J connectivity index is 2.06. The lowest BCUT2D eigenvalue weighted by atomic mass is 9.93. The molecule has 1 heterocycles. The number of hydrogen-bond acceptors (Lipinski definition) is 6. The summed E-state index contributed by atoms with van der Waals surface area (Å²) in [5.74, 6) is -0.617. The highest BCUT2D eigenvalue weighted by atomic mass is 16.5. The van der Waals surface area contributed by atoms with E-state index in [0.717, 1.165) is 11.1 Å². The number of ether oxygens (including phenoxy) is 3. The first-order valence-corrected chi connectivity index (χ1v) is 11.1. The van der Waals surface area contributed by atoms with Gasteiger partial charge in [0.25, 0.3) is 11.7 Å². The average molecular weight is 474 g/mol. The highest BCUT2D eigenvalue weighted by molar-refractivity contribution is 6.52. The molecule has 0 saturated carbocycles. The normalized spacial score (nSPS) is 16.9. The van der Waals surface area contributed by atoms with E-state index in [9.17, 15) is 14.7 Å². The van der Waals surface area contributed by atoms with E-state index in [-0.39, 0.29) is 16.9 Å². The van der Waals surface area contributed by atoms with Crippen molar-refractivity contribution in [1.82, 2.24) is 0 Å². The summed E-state index contributed by atoms with van der Waals surface area (Å²) in [5.41, 5.74) is 3.15. The quantitative estimate of drug-likeness (QED) is 0.310. The van der Waals surface area contributed by atoms with Crippen molar-refractivity contribution < 1.29 is 28.9 Å². The first-order valence-electron chi connectivity index (χ1n) is 11.1. The summed E-state index contributed by atoms with van der Waals surface area (Å²) in [4.78, 5) is 28.5. The number of aliphatic hydroxyl groups excluding tert-OH is 1. The molecule has 7 nitrogen and oxygen atoms in total. The van der Waals surface area contributed by atoms with Crippen LogP contribution >= 0.6 is 0 Å². The monoisotopic (exact) mass is 473 g/mol. The largest absolute Gasteiger partial charge is 0.507 e. The molecule has 0 bridgehead atoms. The fourth-order valence-electron chi connectivity index (χ4n) is 4.41. The van der Waals surface area contributed by atoms with Gasteiger partial charge in [0.05, 0.1) is 38.5 Å². The van der Waals surface area contributed by atoms with Gasteiger partial charge in [-0.05, 0) is 55.3 Å². The number of rotatable bonds is 6. The van der Waals surface area contributed by atoms with Crippen molar-refractivity contribution in [2.24, 2.45) is 0 Å². The Morgan fingerprint density at radius 3 is 2.26 bits per heavy atom. The highest BCUT2D eigenvalue weighted by Crippen LogP contribution is 2.46. The van der Waals surface area contributed by atoms with Crippen LogP contribution in [0.25, 0.3) is 5.76 Å². The van der Waals surface area contributed by atoms with E-state index in [1.165, 1.54) is 26.2 Å². The molecular formula is C28H27NO6. The average Bonchev–Trinajstić information content (AvgIpc) is 3.14. The smallest absolute Gasteiger partial charge is 0.300 e. The molecule has 1 atom stereocenters. The van der Waals surface area contributed by atoms with E-state index in [1.54, 1.807) is 48.5 Å². The highest BCUT2D eigenvalue weighted by Gasteiger charge is 2.48. The molecule has 3 aromatic carbocycles. The second-order valence-electron chi connectivity index (χ2n) is 8.20. The van der Waals surface area contributed by atoms with Crippen LogP contribution in [0.3, 0.4) is 0 Å². The van der Waals surface area contributed by atoms with Gasteiger partial charge in [-0.25, -0.2) is 0 Å². The zero-order valence-electron chi connectivity index (χ0n) is 20.3. The molecule has 0 spiro atoms. The fraction of sp³-hybridized carbons (Fsp3) is 0.214. The van der Waals surface area contributed by atoms with Crippen LogP contribution in [0, 0.1) is 13.8 Å². The summed E-state index contributed by atoms with van der Waals surface area (Å²) in [6.45, 7) is 3.84. The number of carbonyl (C=O) groups excluding carboxylic acids is 2. The lowest BCUT2D eigenvalue weighted by molar-refractivity contribution is -0.132. The molecule has 0 aliphatic carbocycles. The van der Waals surface area contributed by atoms with E-state index in [1.807, 2.05) is 26.0 Å². The molecule has 4 rings (SSSR count). The zero-order valence-corrected chi connectivity index (χ0v) is 20.3. The van der Waals surface area contributed by atoms with Crippen molar-refractivity contribution >= 4 is 23.1 Å². The maximum absolute atomic E-state index is 13.5. The van der Waals surface area contributed by atoms with Crippen LogP contribution < -0.4 is 19.1 Å². The molecule has 3 aromatic rings. The summed E-state index contributed by atoms with van der Waals surface area (Å²) in [6, 6.07) is 16.7. The molecule has 35 heavy (non-hydrogen) atoms. The first-order chi connectivity index (χ1) is 16.8. The van der Waals surface area contributed by atoms with Gasteiger partial charge in [0.15, 0.2) is 0 Å². The Morgan fingerprint density at radius 1 is 0.857 bits per heavy atom. The molecule has 1 aliphatic heterocycles. The van der Waals surface area contributed by atoms with Crippen LogP contribution in [-0.2, 0) is 9.59 Å². The summed E-state index contributed by atoms with van der Waals surface area (Å²) < 4.78 is 16.3. The van der Waals surface area contributed by atoms with Crippen LogP contribution in [0.15, 0.2) is 66.2 Å². The summed E-state index contributed by atoms with van der Waals surface area (Å²) >= 11 is 0. The molecule has 1 aliphatic rings. The number of methoxy groups -OCH3 is 3. The van der Waals surface area contributed by atoms with Gasteiger partial charge in [-0.3, -0.25) is 14.5 Å². The van der Waals surface area contributed by atoms with Crippen molar-refractivity contribution in [2.75, 3.05) is 26.2 Å². The molecule has 0 radical (unpaired) electrons. The van der Waals surface area contributed by atoms with Gasteiger partial charge in [-0.2, -0.15) is 0 Å². The molecule has 180 valence electrons. The van der Waals surface area contributed by atoms with Crippen molar-refractivity contribution in [3.63, 3.8) is 0 Å². The van der Waals surface area contributed by atoms with E-state index in [2.05, 4.69) is 0 Å². The van der Waals surface area contributed by atoms with Crippen molar-refractivity contribution in [3.05, 3.63) is 88.5 Å². The number of para-hydroxylation sites is 1. The lowest BCUT2D eigenvalue weighted by Crippen LogP contribution is -2.30. The number of carbonyl (C=O) groups is 2. The minimum atomic E-state index is -0.928. The van der Waals surface area contributed by atoms with E-state index in [4.69, 9.17) is 14.2 Å². The second kappa shape index (κ2) is 9.54. The topological polar surface area (TPSA) is 85.3 Å². The molecular weight excluding hydrogens is 446 g/mol. The number of aryl methyl sites for hydroxylation is 1. The van der Waals surface area contributed by atoms with Gasteiger partial charge in [0.1, 0.15) is 23.0 Å². The maximum atomic E-state index is 13.5. The maximum Gasteiger partial charge on any atom is 0.300 e. The third-order valence-electron chi connectivity index (χ3n) is 6.38. The van der Waals surface area contributed by atoms with E-state index in [0.29, 0.717) is 28.5 Å². The Kier molecular flexibility index (Phi) is 6.51. The third-order valence-corrected chi connectivity index (χ3v) is 6.38. The molecule has 7 heteroatoms. The number of nitrogens with zero attached hydrogens (tertiary/aromatic N) is 1. The number of aliphatic hydroxyl groups is 1. The number of benzene rings is 3. The predicted molar refractivity (Wildman–Crippen MR) is 133 cm³/mol. The molecule has 1 unspecified atom stereocenters. The standard InChI is InChI=1S/C28H27NO6/c1-16-9-8-11-21(17(16)2)29-25(19-10-6-7-12-22(19)34-4)24(27(31)28(29)32)26(30)20-15-18(33-3)13-14-23(20)35-5/h6-15,25,30H,1-5H3/b26-24+. The number of hydrogen-bond donors (Lipinski definition) is 1. The SMILES string of the molecule is COc1ccc(OC)c(/C(O)=C2\C(=O)C(=O)N(c3cccc(C)c3C)C2c2ccccc2OC)c1. The minimum Gasteiger partial charge on any atom is -0.507 e. The molecule has 0 aromatic heterocycles. The van der Waals surface area contributed by atoms with Gasteiger partial charge in [-0.1, -0.05) is 30.3 Å². The van der Waals surface area contributed by atoms with Crippen LogP contribution in [0.4, 0.5) is 5.69 Å². The van der Waals surface area contributed by atoms with Crippen molar-refractivity contribution in [3.8, 4) is 17.2 Å². The van der Waals surface area contributed by atoms with Gasteiger partial charge in [0.2, 0.25) is 0 Å². The lowest BCUT2D eigenvalue weighted by Gasteiger charge is -2.28. The molecule has 1 amide bonds. The van der Waals surface area contributed by atoms with Crippen molar-refractivity contribution in [2.45, 2.75) is 19.9 Å².